The highest BCUT2D eigenvalue weighted by molar-refractivity contribution is 7.14. The van der Waals surface area contributed by atoms with Crippen LogP contribution in [0.5, 0.6) is 0 Å². The van der Waals surface area contributed by atoms with Gasteiger partial charge in [0.2, 0.25) is 0 Å². The van der Waals surface area contributed by atoms with Crippen LogP contribution >= 0.6 is 11.3 Å². The highest BCUT2D eigenvalue weighted by Gasteiger charge is 2.22. The standard InChI is InChI=1S/C17H20N2OS/c1-2-13-7-9-16(21-13)17(20)19-15-5-3-4-11-10-12(18)6-8-14(11)15/h6-10,15H,2-5,18H2,1H3,(H,19,20). The van der Waals surface area contributed by atoms with Crippen LogP contribution in [-0.2, 0) is 12.8 Å². The molecule has 1 heterocycles. The highest BCUT2D eigenvalue weighted by Crippen LogP contribution is 2.31. The molecule has 1 aromatic carbocycles. The van der Waals surface area contributed by atoms with Crippen LogP contribution in [-0.4, -0.2) is 5.91 Å². The third kappa shape index (κ3) is 2.95. The maximum atomic E-state index is 12.4. The summed E-state index contributed by atoms with van der Waals surface area (Å²) in [4.78, 5) is 14.4. The van der Waals surface area contributed by atoms with Crippen molar-refractivity contribution < 1.29 is 4.79 Å². The summed E-state index contributed by atoms with van der Waals surface area (Å²) >= 11 is 1.58. The number of carbonyl (C=O) groups is 1. The van der Waals surface area contributed by atoms with E-state index in [4.69, 9.17) is 5.73 Å². The Bertz CT molecular complexity index is 663. The first-order chi connectivity index (χ1) is 10.2. The lowest BCUT2D eigenvalue weighted by molar-refractivity contribution is 0.0937. The summed E-state index contributed by atoms with van der Waals surface area (Å²) in [5.74, 6) is 0.0365. The zero-order valence-electron chi connectivity index (χ0n) is 12.2. The Kier molecular flexibility index (Phi) is 3.97. The van der Waals surface area contributed by atoms with Gasteiger partial charge in [-0.3, -0.25) is 4.79 Å². The second-order valence-corrected chi connectivity index (χ2v) is 6.66. The Morgan fingerprint density at radius 3 is 3.00 bits per heavy atom. The largest absolute Gasteiger partial charge is 0.399 e. The van der Waals surface area contributed by atoms with E-state index in [1.54, 1.807) is 11.3 Å². The van der Waals surface area contributed by atoms with Crippen molar-refractivity contribution in [1.29, 1.82) is 0 Å². The number of amides is 1. The minimum absolute atomic E-state index is 0.0365. The minimum Gasteiger partial charge on any atom is -0.399 e. The molecule has 3 nitrogen and oxygen atoms in total. The monoisotopic (exact) mass is 300 g/mol. The van der Waals surface area contributed by atoms with Gasteiger partial charge in [0.05, 0.1) is 10.9 Å². The van der Waals surface area contributed by atoms with E-state index in [1.807, 2.05) is 24.3 Å². The second-order valence-electron chi connectivity index (χ2n) is 5.50. The molecule has 1 aliphatic carbocycles. The van der Waals surface area contributed by atoms with Crippen LogP contribution in [0, 0.1) is 0 Å². The summed E-state index contributed by atoms with van der Waals surface area (Å²) in [6, 6.07) is 10.1. The van der Waals surface area contributed by atoms with Gasteiger partial charge < -0.3 is 11.1 Å². The summed E-state index contributed by atoms with van der Waals surface area (Å²) in [5.41, 5.74) is 9.14. The number of nitrogen functional groups attached to an aromatic ring is 1. The first-order valence-electron chi connectivity index (χ1n) is 7.45. The average molecular weight is 300 g/mol. The van der Waals surface area contributed by atoms with Gasteiger partial charge in [0.1, 0.15) is 0 Å². The summed E-state index contributed by atoms with van der Waals surface area (Å²) in [6.45, 7) is 2.11. The maximum Gasteiger partial charge on any atom is 0.261 e. The number of hydrogen-bond donors (Lipinski definition) is 2. The van der Waals surface area contributed by atoms with Crippen molar-refractivity contribution in [3.05, 3.63) is 51.2 Å². The van der Waals surface area contributed by atoms with Gasteiger partial charge in [-0.05, 0) is 61.1 Å². The summed E-state index contributed by atoms with van der Waals surface area (Å²) in [6.07, 6.45) is 4.11. The number of nitrogens with two attached hydrogens (primary N) is 1. The molecular formula is C17H20N2OS. The fraction of sp³-hybridized carbons (Fsp3) is 0.353. The molecule has 2 aromatic rings. The number of carbonyl (C=O) groups excluding carboxylic acids is 1. The molecule has 3 N–H and O–H groups in total. The number of hydrogen-bond acceptors (Lipinski definition) is 3. The van der Waals surface area contributed by atoms with Crippen LogP contribution in [0.15, 0.2) is 30.3 Å². The number of anilines is 1. The molecule has 4 heteroatoms. The molecule has 21 heavy (non-hydrogen) atoms. The highest BCUT2D eigenvalue weighted by atomic mass is 32.1. The van der Waals surface area contributed by atoms with Gasteiger partial charge >= 0.3 is 0 Å². The summed E-state index contributed by atoms with van der Waals surface area (Å²) < 4.78 is 0. The smallest absolute Gasteiger partial charge is 0.261 e. The maximum absolute atomic E-state index is 12.4. The molecule has 3 rings (SSSR count). The van der Waals surface area contributed by atoms with Crippen LogP contribution in [0.1, 0.15) is 51.5 Å². The zero-order chi connectivity index (χ0) is 14.8. The third-order valence-corrected chi connectivity index (χ3v) is 5.25. The van der Waals surface area contributed by atoms with Crippen molar-refractivity contribution in [2.45, 2.75) is 38.6 Å². The van der Waals surface area contributed by atoms with Gasteiger partial charge in [0, 0.05) is 10.6 Å². The number of benzene rings is 1. The van der Waals surface area contributed by atoms with Gasteiger partial charge in [0.15, 0.2) is 0 Å². The molecule has 0 saturated heterocycles. The number of nitrogens with one attached hydrogen (secondary N) is 1. The number of thiophene rings is 1. The van der Waals surface area contributed by atoms with Gasteiger partial charge in [0.25, 0.3) is 5.91 Å². The van der Waals surface area contributed by atoms with Gasteiger partial charge in [-0.2, -0.15) is 0 Å². The van der Waals surface area contributed by atoms with Gasteiger partial charge in [-0.15, -0.1) is 11.3 Å². The molecule has 0 aliphatic heterocycles. The molecule has 0 radical (unpaired) electrons. The fourth-order valence-corrected chi connectivity index (χ4v) is 3.75. The SMILES string of the molecule is CCc1ccc(C(=O)NC2CCCc3cc(N)ccc32)s1. The summed E-state index contributed by atoms with van der Waals surface area (Å²) in [7, 11) is 0. The normalized spacial score (nSPS) is 17.3. The van der Waals surface area contributed by atoms with E-state index in [0.29, 0.717) is 0 Å². The Balaban J connectivity index is 1.78. The first-order valence-corrected chi connectivity index (χ1v) is 8.27. The van der Waals surface area contributed by atoms with E-state index in [9.17, 15) is 4.79 Å². The minimum atomic E-state index is 0.0365. The Morgan fingerprint density at radius 1 is 1.38 bits per heavy atom. The van der Waals surface area contributed by atoms with E-state index >= 15 is 0 Å². The van der Waals surface area contributed by atoms with Crippen molar-refractivity contribution in [2.24, 2.45) is 0 Å². The molecule has 0 bridgehead atoms. The number of rotatable bonds is 3. The van der Waals surface area contributed by atoms with Crippen LogP contribution in [0.4, 0.5) is 5.69 Å². The molecule has 0 fully saturated rings. The van der Waals surface area contributed by atoms with E-state index in [0.717, 1.165) is 36.2 Å². The second kappa shape index (κ2) is 5.90. The van der Waals surface area contributed by atoms with Gasteiger partial charge in [-0.25, -0.2) is 0 Å². The molecule has 1 aromatic heterocycles. The van der Waals surface area contributed by atoms with Gasteiger partial charge in [-0.1, -0.05) is 13.0 Å². The Hall–Kier alpha value is -1.81. The lowest BCUT2D eigenvalue weighted by Crippen LogP contribution is -2.30. The average Bonchev–Trinajstić information content (AvgIpc) is 2.96. The molecule has 0 saturated carbocycles. The molecule has 110 valence electrons. The van der Waals surface area contributed by atoms with Crippen molar-refractivity contribution in [1.82, 2.24) is 5.32 Å². The van der Waals surface area contributed by atoms with Crippen LogP contribution in [0.25, 0.3) is 0 Å². The van der Waals surface area contributed by atoms with Crippen LogP contribution in [0.3, 0.4) is 0 Å². The third-order valence-electron chi connectivity index (χ3n) is 4.02. The van der Waals surface area contributed by atoms with E-state index in [1.165, 1.54) is 16.0 Å². The molecule has 0 spiro atoms. The molecular weight excluding hydrogens is 280 g/mol. The predicted octanol–water partition coefficient (Wildman–Crippen LogP) is 3.70. The topological polar surface area (TPSA) is 55.1 Å². The first kappa shape index (κ1) is 14.1. The van der Waals surface area contributed by atoms with Crippen LogP contribution < -0.4 is 11.1 Å². The molecule has 1 amide bonds. The quantitative estimate of drug-likeness (QED) is 0.849. The van der Waals surface area contributed by atoms with Crippen molar-refractivity contribution >= 4 is 22.9 Å². The molecule has 1 unspecified atom stereocenters. The van der Waals surface area contributed by atoms with E-state index in [2.05, 4.69) is 18.3 Å². The summed E-state index contributed by atoms with van der Waals surface area (Å²) in [5, 5.41) is 3.18. The number of aryl methyl sites for hydroxylation is 2. The van der Waals surface area contributed by atoms with Crippen molar-refractivity contribution in [3.8, 4) is 0 Å². The van der Waals surface area contributed by atoms with Crippen LogP contribution in [0.2, 0.25) is 0 Å². The Labute approximate surface area is 129 Å². The lowest BCUT2D eigenvalue weighted by atomic mass is 9.87. The van der Waals surface area contributed by atoms with E-state index < -0.39 is 0 Å². The number of fused-ring (bicyclic) bond motifs is 1. The predicted molar refractivity (Wildman–Crippen MR) is 87.7 cm³/mol. The molecule has 1 aliphatic rings. The fourth-order valence-electron chi connectivity index (χ4n) is 2.90. The Morgan fingerprint density at radius 2 is 2.24 bits per heavy atom. The lowest BCUT2D eigenvalue weighted by Gasteiger charge is -2.26. The van der Waals surface area contributed by atoms with E-state index in [-0.39, 0.29) is 11.9 Å². The van der Waals surface area contributed by atoms with Crippen molar-refractivity contribution in [2.75, 3.05) is 5.73 Å². The zero-order valence-corrected chi connectivity index (χ0v) is 13.0. The molecule has 1 atom stereocenters. The van der Waals surface area contributed by atoms with Crippen molar-refractivity contribution in [3.63, 3.8) is 0 Å².